The average molecular weight is 363 g/mol. The van der Waals surface area contributed by atoms with Gasteiger partial charge in [-0.1, -0.05) is 6.92 Å². The maximum atomic E-state index is 12.3. The summed E-state index contributed by atoms with van der Waals surface area (Å²) in [5, 5.41) is 22.2. The first kappa shape index (κ1) is 19.4. The summed E-state index contributed by atoms with van der Waals surface area (Å²) in [5.74, 6) is -2.21. The van der Waals surface area contributed by atoms with Crippen molar-refractivity contribution in [2.24, 2.45) is 5.92 Å². The molecule has 9 nitrogen and oxygen atoms in total. The molecule has 1 atom stereocenters. The summed E-state index contributed by atoms with van der Waals surface area (Å²) < 4.78 is 0. The normalized spacial score (nSPS) is 14.3. The first-order valence-corrected chi connectivity index (χ1v) is 8.34. The number of hydrogen-bond donors (Lipinski definition) is 2. The Morgan fingerprint density at radius 1 is 1.31 bits per heavy atom. The number of nitrogens with one attached hydrogen (secondary N) is 1. The van der Waals surface area contributed by atoms with Gasteiger partial charge in [-0.3, -0.25) is 24.5 Å². The van der Waals surface area contributed by atoms with Crippen molar-refractivity contribution in [1.82, 2.24) is 10.2 Å². The number of nitrogens with zero attached hydrogens (tertiary/aromatic N) is 2. The van der Waals surface area contributed by atoms with Crippen LogP contribution >= 0.6 is 0 Å². The van der Waals surface area contributed by atoms with Gasteiger partial charge in [-0.25, -0.2) is 0 Å². The number of carboxylic acid groups (broad SMARTS) is 1. The molecule has 1 fully saturated rings. The van der Waals surface area contributed by atoms with Crippen LogP contribution in [0.1, 0.15) is 36.5 Å². The third kappa shape index (κ3) is 5.27. The van der Waals surface area contributed by atoms with E-state index >= 15 is 0 Å². The fourth-order valence-corrected chi connectivity index (χ4v) is 2.48. The van der Waals surface area contributed by atoms with E-state index in [1.165, 1.54) is 24.3 Å². The van der Waals surface area contributed by atoms with Crippen molar-refractivity contribution >= 4 is 23.5 Å². The van der Waals surface area contributed by atoms with Crippen molar-refractivity contribution in [3.8, 4) is 0 Å². The molecule has 140 valence electrons. The highest BCUT2D eigenvalue weighted by Gasteiger charge is 2.34. The second kappa shape index (κ2) is 8.41. The number of amides is 2. The van der Waals surface area contributed by atoms with Gasteiger partial charge in [0.05, 0.1) is 10.8 Å². The van der Waals surface area contributed by atoms with Crippen LogP contribution in [0.5, 0.6) is 0 Å². The van der Waals surface area contributed by atoms with Crippen molar-refractivity contribution in [1.29, 1.82) is 0 Å². The molecule has 0 radical (unpaired) electrons. The Morgan fingerprint density at radius 3 is 2.42 bits per heavy atom. The molecule has 0 aliphatic heterocycles. The Bertz CT molecular complexity index is 699. The number of carbonyl (C=O) groups excluding carboxylic acids is 2. The van der Waals surface area contributed by atoms with Crippen molar-refractivity contribution in [2.75, 3.05) is 13.1 Å². The maximum absolute atomic E-state index is 12.3. The number of rotatable bonds is 9. The molecule has 2 rings (SSSR count). The lowest BCUT2D eigenvalue weighted by atomic mass is 10.1. The Labute approximate surface area is 150 Å². The number of hydrogen-bond acceptors (Lipinski definition) is 5. The molecule has 1 aliphatic rings. The summed E-state index contributed by atoms with van der Waals surface area (Å²) in [5.41, 5.74) is 0.158. The second-order valence-corrected chi connectivity index (χ2v) is 6.33. The Hall–Kier alpha value is -2.97. The van der Waals surface area contributed by atoms with E-state index in [-0.39, 0.29) is 42.7 Å². The van der Waals surface area contributed by atoms with Crippen molar-refractivity contribution in [2.45, 2.75) is 32.2 Å². The molecule has 1 unspecified atom stereocenters. The van der Waals surface area contributed by atoms with Gasteiger partial charge in [0.25, 0.3) is 11.6 Å². The van der Waals surface area contributed by atoms with Crippen molar-refractivity contribution in [3.63, 3.8) is 0 Å². The van der Waals surface area contributed by atoms with E-state index < -0.39 is 22.7 Å². The summed E-state index contributed by atoms with van der Waals surface area (Å²) in [4.78, 5) is 47.0. The van der Waals surface area contributed by atoms with Gasteiger partial charge in [0.15, 0.2) is 0 Å². The molecular weight excluding hydrogens is 342 g/mol. The van der Waals surface area contributed by atoms with Crippen LogP contribution in [-0.4, -0.2) is 51.8 Å². The topological polar surface area (TPSA) is 130 Å². The molecule has 1 aromatic rings. The zero-order valence-corrected chi connectivity index (χ0v) is 14.4. The SMILES string of the molecule is CC(CN(C(=O)CCNC(=O)c1ccc([N+](=O)[O-])cc1)C1CC1)C(=O)O. The quantitative estimate of drug-likeness (QED) is 0.504. The molecule has 2 amide bonds. The summed E-state index contributed by atoms with van der Waals surface area (Å²) in [7, 11) is 0. The molecule has 1 saturated carbocycles. The lowest BCUT2D eigenvalue weighted by molar-refractivity contribution is -0.384. The summed E-state index contributed by atoms with van der Waals surface area (Å²) >= 11 is 0. The molecule has 2 N–H and O–H groups in total. The summed E-state index contributed by atoms with van der Waals surface area (Å²) in [6, 6.07) is 5.26. The van der Waals surface area contributed by atoms with E-state index in [4.69, 9.17) is 5.11 Å². The maximum Gasteiger partial charge on any atom is 0.308 e. The second-order valence-electron chi connectivity index (χ2n) is 6.33. The minimum absolute atomic E-state index is 0.0710. The van der Waals surface area contributed by atoms with E-state index in [2.05, 4.69) is 5.32 Å². The fraction of sp³-hybridized carbons (Fsp3) is 0.471. The van der Waals surface area contributed by atoms with E-state index in [0.717, 1.165) is 12.8 Å². The molecule has 1 aromatic carbocycles. The smallest absolute Gasteiger partial charge is 0.308 e. The number of non-ortho nitro benzene ring substituents is 1. The van der Waals surface area contributed by atoms with Gasteiger partial charge in [0.1, 0.15) is 0 Å². The van der Waals surface area contributed by atoms with Crippen molar-refractivity contribution < 1.29 is 24.4 Å². The van der Waals surface area contributed by atoms with Crippen LogP contribution in [0.2, 0.25) is 0 Å². The fourth-order valence-electron chi connectivity index (χ4n) is 2.48. The zero-order valence-electron chi connectivity index (χ0n) is 14.4. The average Bonchev–Trinajstić information content (AvgIpc) is 3.43. The summed E-state index contributed by atoms with van der Waals surface area (Å²) in [6.45, 7) is 1.83. The zero-order chi connectivity index (χ0) is 19.3. The van der Waals surface area contributed by atoms with Crippen LogP contribution in [0.25, 0.3) is 0 Å². The van der Waals surface area contributed by atoms with E-state index in [1.54, 1.807) is 11.8 Å². The van der Waals surface area contributed by atoms with Crippen LogP contribution in [-0.2, 0) is 9.59 Å². The summed E-state index contributed by atoms with van der Waals surface area (Å²) in [6.07, 6.45) is 1.81. The lowest BCUT2D eigenvalue weighted by Crippen LogP contribution is -2.40. The molecule has 0 saturated heterocycles. The number of aliphatic carboxylic acids is 1. The first-order valence-electron chi connectivity index (χ1n) is 8.34. The van der Waals surface area contributed by atoms with Crippen LogP contribution in [0.15, 0.2) is 24.3 Å². The van der Waals surface area contributed by atoms with Gasteiger partial charge in [0.2, 0.25) is 5.91 Å². The van der Waals surface area contributed by atoms with E-state index in [1.807, 2.05) is 0 Å². The third-order valence-corrected chi connectivity index (χ3v) is 4.16. The molecule has 1 aliphatic carbocycles. The van der Waals surface area contributed by atoms with E-state index in [9.17, 15) is 24.5 Å². The number of carbonyl (C=O) groups is 3. The van der Waals surface area contributed by atoms with Gasteiger partial charge in [0, 0.05) is 43.2 Å². The largest absolute Gasteiger partial charge is 0.481 e. The van der Waals surface area contributed by atoms with Crippen LogP contribution in [0, 0.1) is 16.0 Å². The highest BCUT2D eigenvalue weighted by molar-refractivity contribution is 5.94. The Morgan fingerprint density at radius 2 is 1.92 bits per heavy atom. The molecule has 0 bridgehead atoms. The predicted molar refractivity (Wildman–Crippen MR) is 91.6 cm³/mol. The molecule has 9 heteroatoms. The molecular formula is C17H21N3O6. The minimum Gasteiger partial charge on any atom is -0.481 e. The molecule has 0 spiro atoms. The highest BCUT2D eigenvalue weighted by atomic mass is 16.6. The highest BCUT2D eigenvalue weighted by Crippen LogP contribution is 2.28. The molecule has 26 heavy (non-hydrogen) atoms. The van der Waals surface area contributed by atoms with Gasteiger partial charge in [-0.05, 0) is 25.0 Å². The van der Waals surface area contributed by atoms with E-state index in [0.29, 0.717) is 0 Å². The van der Waals surface area contributed by atoms with Crippen LogP contribution < -0.4 is 5.32 Å². The Balaban J connectivity index is 1.83. The third-order valence-electron chi connectivity index (χ3n) is 4.16. The van der Waals surface area contributed by atoms with Gasteiger partial charge < -0.3 is 15.3 Å². The molecule has 0 heterocycles. The number of nitro benzene ring substituents is 1. The predicted octanol–water partition coefficient (Wildman–Crippen LogP) is 1.43. The Kier molecular flexibility index (Phi) is 6.26. The molecule has 0 aromatic heterocycles. The number of nitro groups is 1. The number of benzene rings is 1. The monoisotopic (exact) mass is 363 g/mol. The van der Waals surface area contributed by atoms with Gasteiger partial charge in [-0.2, -0.15) is 0 Å². The van der Waals surface area contributed by atoms with Gasteiger partial charge >= 0.3 is 5.97 Å². The first-order chi connectivity index (χ1) is 12.3. The minimum atomic E-state index is -0.949. The lowest BCUT2D eigenvalue weighted by Gasteiger charge is -2.24. The van der Waals surface area contributed by atoms with Gasteiger partial charge in [-0.15, -0.1) is 0 Å². The van der Waals surface area contributed by atoms with Crippen LogP contribution in [0.4, 0.5) is 5.69 Å². The standard InChI is InChI=1S/C17H21N3O6/c1-11(17(23)24)10-19(13-6-7-13)15(21)8-9-18-16(22)12-2-4-14(5-3-12)20(25)26/h2-5,11,13H,6-10H2,1H3,(H,18,22)(H,23,24). The van der Waals surface area contributed by atoms with Crippen molar-refractivity contribution in [3.05, 3.63) is 39.9 Å². The number of carboxylic acids is 1. The van der Waals surface area contributed by atoms with Crippen LogP contribution in [0.3, 0.4) is 0 Å².